The Kier molecular flexibility index (Phi) is 3.15. The molecule has 1 aromatic carbocycles. The van der Waals surface area contributed by atoms with Crippen LogP contribution in [0.3, 0.4) is 0 Å². The maximum absolute atomic E-state index is 12.6. The van der Waals surface area contributed by atoms with Gasteiger partial charge in [0.05, 0.1) is 5.56 Å². The molecule has 16 heavy (non-hydrogen) atoms. The van der Waals surface area contributed by atoms with E-state index in [1.807, 2.05) is 0 Å². The SMILES string of the molecule is FC(F)(F)c1cc(NCC2CC2)ccc1Br. The Morgan fingerprint density at radius 1 is 1.31 bits per heavy atom. The van der Waals surface area contributed by atoms with Crippen LogP contribution < -0.4 is 5.32 Å². The molecule has 0 heterocycles. The Bertz CT molecular complexity index is 385. The van der Waals surface area contributed by atoms with Crippen LogP contribution in [0.25, 0.3) is 0 Å². The summed E-state index contributed by atoms with van der Waals surface area (Å²) in [5.74, 6) is 0.637. The molecule has 1 saturated carbocycles. The van der Waals surface area contributed by atoms with E-state index < -0.39 is 11.7 Å². The van der Waals surface area contributed by atoms with Gasteiger partial charge >= 0.3 is 6.18 Å². The van der Waals surface area contributed by atoms with Gasteiger partial charge in [-0.2, -0.15) is 13.2 Å². The molecule has 1 fully saturated rings. The van der Waals surface area contributed by atoms with Crippen LogP contribution in [-0.2, 0) is 6.18 Å². The molecule has 5 heteroatoms. The van der Waals surface area contributed by atoms with Crippen molar-refractivity contribution >= 4 is 21.6 Å². The highest BCUT2D eigenvalue weighted by Gasteiger charge is 2.33. The van der Waals surface area contributed by atoms with Gasteiger partial charge in [0.15, 0.2) is 0 Å². The largest absolute Gasteiger partial charge is 0.417 e. The summed E-state index contributed by atoms with van der Waals surface area (Å²) < 4.78 is 37.8. The summed E-state index contributed by atoms with van der Waals surface area (Å²) in [6.45, 7) is 0.763. The van der Waals surface area contributed by atoms with Crippen molar-refractivity contribution in [1.82, 2.24) is 0 Å². The molecule has 88 valence electrons. The second-order valence-electron chi connectivity index (χ2n) is 4.02. The number of halogens is 4. The fraction of sp³-hybridized carbons (Fsp3) is 0.455. The Balaban J connectivity index is 2.13. The number of rotatable bonds is 3. The molecule has 1 aliphatic carbocycles. The number of benzene rings is 1. The fourth-order valence-electron chi connectivity index (χ4n) is 1.44. The molecular weight excluding hydrogens is 283 g/mol. The second-order valence-corrected chi connectivity index (χ2v) is 4.87. The van der Waals surface area contributed by atoms with Gasteiger partial charge in [0, 0.05) is 16.7 Å². The lowest BCUT2D eigenvalue weighted by Crippen LogP contribution is -2.08. The van der Waals surface area contributed by atoms with E-state index in [9.17, 15) is 13.2 Å². The predicted molar refractivity (Wildman–Crippen MR) is 60.4 cm³/mol. The van der Waals surface area contributed by atoms with Crippen LogP contribution >= 0.6 is 15.9 Å². The third-order valence-corrected chi connectivity index (χ3v) is 3.26. The number of nitrogens with one attached hydrogen (secondary N) is 1. The van der Waals surface area contributed by atoms with E-state index in [-0.39, 0.29) is 4.47 Å². The topological polar surface area (TPSA) is 12.0 Å². The monoisotopic (exact) mass is 293 g/mol. The van der Waals surface area contributed by atoms with Crippen LogP contribution in [0.1, 0.15) is 18.4 Å². The van der Waals surface area contributed by atoms with Crippen molar-refractivity contribution in [2.24, 2.45) is 5.92 Å². The van der Waals surface area contributed by atoms with E-state index in [1.54, 1.807) is 6.07 Å². The minimum atomic E-state index is -4.31. The maximum atomic E-state index is 12.6. The Hall–Kier alpha value is -0.710. The fourth-order valence-corrected chi connectivity index (χ4v) is 1.91. The molecule has 1 aromatic rings. The number of hydrogen-bond acceptors (Lipinski definition) is 1. The van der Waals surface area contributed by atoms with Crippen LogP contribution in [0.5, 0.6) is 0 Å². The number of alkyl halides is 3. The van der Waals surface area contributed by atoms with Gasteiger partial charge in [0.1, 0.15) is 0 Å². The lowest BCUT2D eigenvalue weighted by atomic mass is 10.2. The summed E-state index contributed by atoms with van der Waals surface area (Å²) in [5, 5.41) is 3.03. The quantitative estimate of drug-likeness (QED) is 0.877. The van der Waals surface area contributed by atoms with Gasteiger partial charge in [-0.3, -0.25) is 0 Å². The molecule has 0 spiro atoms. The molecule has 0 aromatic heterocycles. The normalized spacial score (nSPS) is 16.2. The third-order valence-electron chi connectivity index (χ3n) is 2.56. The summed E-state index contributed by atoms with van der Waals surface area (Å²) in [6.07, 6.45) is -1.96. The molecule has 2 rings (SSSR count). The van der Waals surface area contributed by atoms with E-state index in [4.69, 9.17) is 0 Å². The highest BCUT2D eigenvalue weighted by atomic mass is 79.9. The molecule has 0 aliphatic heterocycles. The summed E-state index contributed by atoms with van der Waals surface area (Å²) in [5.41, 5.74) is -0.101. The zero-order valence-corrected chi connectivity index (χ0v) is 10.0. The van der Waals surface area contributed by atoms with Gasteiger partial charge in [-0.15, -0.1) is 0 Å². The van der Waals surface area contributed by atoms with Crippen LogP contribution in [0.2, 0.25) is 0 Å². The standard InChI is InChI=1S/C11H11BrF3N/c12-10-4-3-8(16-6-7-1-2-7)5-9(10)11(13,14)15/h3-5,7,16H,1-2,6H2. The van der Waals surface area contributed by atoms with Crippen LogP contribution in [0.4, 0.5) is 18.9 Å². The molecule has 0 bridgehead atoms. The van der Waals surface area contributed by atoms with Crippen LogP contribution in [-0.4, -0.2) is 6.54 Å². The Labute approximate surface area is 100 Å². The molecule has 0 unspecified atom stereocenters. The van der Waals surface area contributed by atoms with E-state index in [0.29, 0.717) is 11.6 Å². The average molecular weight is 294 g/mol. The van der Waals surface area contributed by atoms with Crippen LogP contribution in [0.15, 0.2) is 22.7 Å². The first kappa shape index (κ1) is 11.8. The first-order valence-corrected chi connectivity index (χ1v) is 5.87. The van der Waals surface area contributed by atoms with Crippen molar-refractivity contribution in [2.75, 3.05) is 11.9 Å². The van der Waals surface area contributed by atoms with Crippen molar-refractivity contribution in [3.8, 4) is 0 Å². The van der Waals surface area contributed by atoms with E-state index >= 15 is 0 Å². The van der Waals surface area contributed by atoms with E-state index in [1.165, 1.54) is 18.9 Å². The van der Waals surface area contributed by atoms with Gasteiger partial charge in [0.25, 0.3) is 0 Å². The van der Waals surface area contributed by atoms with Gasteiger partial charge in [0.2, 0.25) is 0 Å². The summed E-state index contributed by atoms with van der Waals surface area (Å²) in [4.78, 5) is 0. The highest BCUT2D eigenvalue weighted by Crippen LogP contribution is 2.36. The maximum Gasteiger partial charge on any atom is 0.417 e. The van der Waals surface area contributed by atoms with Crippen molar-refractivity contribution in [1.29, 1.82) is 0 Å². The average Bonchev–Trinajstić information content (AvgIpc) is 2.98. The molecule has 0 radical (unpaired) electrons. The first-order chi connectivity index (χ1) is 7.47. The van der Waals surface area contributed by atoms with E-state index in [0.717, 1.165) is 12.6 Å². The smallest absolute Gasteiger partial charge is 0.385 e. The van der Waals surface area contributed by atoms with Crippen molar-refractivity contribution < 1.29 is 13.2 Å². The summed E-state index contributed by atoms with van der Waals surface area (Å²) in [6, 6.07) is 4.23. The van der Waals surface area contributed by atoms with Crippen molar-refractivity contribution in [2.45, 2.75) is 19.0 Å². The minimum Gasteiger partial charge on any atom is -0.385 e. The van der Waals surface area contributed by atoms with Gasteiger partial charge < -0.3 is 5.32 Å². The molecule has 0 atom stereocenters. The lowest BCUT2D eigenvalue weighted by molar-refractivity contribution is -0.138. The molecular formula is C11H11BrF3N. The first-order valence-electron chi connectivity index (χ1n) is 5.07. The molecule has 0 saturated heterocycles. The van der Waals surface area contributed by atoms with Gasteiger partial charge in [-0.25, -0.2) is 0 Å². The molecule has 0 amide bonds. The van der Waals surface area contributed by atoms with Gasteiger partial charge in [-0.1, -0.05) is 15.9 Å². The summed E-state index contributed by atoms with van der Waals surface area (Å²) in [7, 11) is 0. The Morgan fingerprint density at radius 3 is 2.56 bits per heavy atom. The molecule has 1 N–H and O–H groups in total. The molecule has 1 aliphatic rings. The van der Waals surface area contributed by atoms with Crippen LogP contribution in [0, 0.1) is 5.92 Å². The zero-order valence-electron chi connectivity index (χ0n) is 8.44. The number of anilines is 1. The van der Waals surface area contributed by atoms with Crippen molar-refractivity contribution in [3.05, 3.63) is 28.2 Å². The summed E-state index contributed by atoms with van der Waals surface area (Å²) >= 11 is 2.91. The molecule has 1 nitrogen and oxygen atoms in total. The Morgan fingerprint density at radius 2 is 2.00 bits per heavy atom. The van der Waals surface area contributed by atoms with Crippen molar-refractivity contribution in [3.63, 3.8) is 0 Å². The third kappa shape index (κ3) is 2.90. The highest BCUT2D eigenvalue weighted by molar-refractivity contribution is 9.10. The van der Waals surface area contributed by atoms with E-state index in [2.05, 4.69) is 21.2 Å². The lowest BCUT2D eigenvalue weighted by Gasteiger charge is -2.12. The zero-order chi connectivity index (χ0) is 11.8. The van der Waals surface area contributed by atoms with Gasteiger partial charge in [-0.05, 0) is 37.0 Å². The second kappa shape index (κ2) is 4.28. The number of hydrogen-bond donors (Lipinski definition) is 1. The minimum absolute atomic E-state index is 0.0805. The predicted octanol–water partition coefficient (Wildman–Crippen LogP) is 4.29.